The zero-order valence-electron chi connectivity index (χ0n) is 9.90. The summed E-state index contributed by atoms with van der Waals surface area (Å²) in [7, 11) is 1.31. The van der Waals surface area contributed by atoms with Crippen molar-refractivity contribution in [2.24, 2.45) is 5.73 Å². The van der Waals surface area contributed by atoms with Crippen molar-refractivity contribution in [2.45, 2.75) is 19.4 Å². The fraction of sp³-hybridized carbons (Fsp3) is 0.333. The quantitative estimate of drug-likeness (QED) is 0.753. The minimum absolute atomic E-state index is 0.121. The Kier molecular flexibility index (Phi) is 4.66. The van der Waals surface area contributed by atoms with Gasteiger partial charge in [-0.05, 0) is 24.1 Å². The van der Waals surface area contributed by atoms with E-state index < -0.39 is 12.0 Å². The average Bonchev–Trinajstić information content (AvgIpc) is 2.30. The van der Waals surface area contributed by atoms with Gasteiger partial charge in [0.2, 0.25) is 5.91 Å². The highest BCUT2D eigenvalue weighted by Gasteiger charge is 2.13. The smallest absolute Gasteiger partial charge is 0.322 e. The van der Waals surface area contributed by atoms with E-state index >= 15 is 0 Å². The molecule has 5 heteroatoms. The van der Waals surface area contributed by atoms with E-state index in [0.717, 1.165) is 5.56 Å². The number of nitrogens with one attached hydrogen (secondary N) is 1. The second-order valence-corrected chi connectivity index (χ2v) is 3.71. The molecule has 0 saturated carbocycles. The van der Waals surface area contributed by atoms with Crippen LogP contribution in [0.2, 0.25) is 0 Å². The molecule has 0 saturated heterocycles. The zero-order valence-corrected chi connectivity index (χ0v) is 9.90. The maximum Gasteiger partial charge on any atom is 0.322 e. The van der Waals surface area contributed by atoms with E-state index in [1.165, 1.54) is 14.0 Å². The number of anilines is 1. The van der Waals surface area contributed by atoms with Gasteiger partial charge in [-0.3, -0.25) is 9.59 Å². The number of rotatable bonds is 4. The molecule has 0 bridgehead atoms. The van der Waals surface area contributed by atoms with Crippen molar-refractivity contribution in [3.8, 4) is 0 Å². The van der Waals surface area contributed by atoms with Crippen LogP contribution in [0.1, 0.15) is 12.5 Å². The fourth-order valence-electron chi connectivity index (χ4n) is 1.42. The van der Waals surface area contributed by atoms with Gasteiger partial charge in [0, 0.05) is 12.6 Å². The number of esters is 1. The van der Waals surface area contributed by atoms with E-state index in [2.05, 4.69) is 10.1 Å². The first-order chi connectivity index (χ1) is 8.02. The number of carbonyl (C=O) groups excluding carboxylic acids is 2. The highest BCUT2D eigenvalue weighted by atomic mass is 16.5. The Morgan fingerprint density at radius 2 is 1.94 bits per heavy atom. The summed E-state index contributed by atoms with van der Waals surface area (Å²) in [5.74, 6) is -0.556. The molecule has 1 aromatic rings. The fourth-order valence-corrected chi connectivity index (χ4v) is 1.42. The van der Waals surface area contributed by atoms with Crippen LogP contribution in [0, 0.1) is 0 Å². The van der Waals surface area contributed by atoms with Crippen molar-refractivity contribution in [1.82, 2.24) is 0 Å². The molecule has 1 aromatic carbocycles. The summed E-state index contributed by atoms with van der Waals surface area (Å²) in [5, 5.41) is 2.66. The molecule has 0 aliphatic heterocycles. The predicted molar refractivity (Wildman–Crippen MR) is 64.4 cm³/mol. The van der Waals surface area contributed by atoms with Gasteiger partial charge < -0.3 is 15.8 Å². The highest BCUT2D eigenvalue weighted by molar-refractivity contribution is 5.88. The monoisotopic (exact) mass is 236 g/mol. The van der Waals surface area contributed by atoms with E-state index in [1.54, 1.807) is 12.1 Å². The number of amides is 1. The van der Waals surface area contributed by atoms with Gasteiger partial charge in [-0.2, -0.15) is 0 Å². The van der Waals surface area contributed by atoms with Crippen LogP contribution in [0.5, 0.6) is 0 Å². The molecule has 1 unspecified atom stereocenters. The Morgan fingerprint density at radius 1 is 1.35 bits per heavy atom. The molecule has 17 heavy (non-hydrogen) atoms. The van der Waals surface area contributed by atoms with Gasteiger partial charge in [0.1, 0.15) is 6.04 Å². The van der Waals surface area contributed by atoms with Gasteiger partial charge >= 0.3 is 5.97 Å². The van der Waals surface area contributed by atoms with Crippen molar-refractivity contribution in [3.05, 3.63) is 29.8 Å². The molecule has 5 nitrogen and oxygen atoms in total. The first-order valence-electron chi connectivity index (χ1n) is 5.23. The summed E-state index contributed by atoms with van der Waals surface area (Å²) in [4.78, 5) is 21.9. The van der Waals surface area contributed by atoms with Gasteiger partial charge in [0.25, 0.3) is 0 Å². The first kappa shape index (κ1) is 13.2. The Hall–Kier alpha value is -1.88. The summed E-state index contributed by atoms with van der Waals surface area (Å²) in [6.45, 7) is 1.45. The van der Waals surface area contributed by atoms with Gasteiger partial charge in [0.05, 0.1) is 7.11 Å². The molecular formula is C12H16N2O3. The first-order valence-corrected chi connectivity index (χ1v) is 5.23. The van der Waals surface area contributed by atoms with Crippen molar-refractivity contribution >= 4 is 17.6 Å². The van der Waals surface area contributed by atoms with Gasteiger partial charge in [-0.15, -0.1) is 0 Å². The van der Waals surface area contributed by atoms with E-state index in [-0.39, 0.29) is 5.91 Å². The molecule has 1 amide bonds. The van der Waals surface area contributed by atoms with Crippen molar-refractivity contribution in [3.63, 3.8) is 0 Å². The number of nitrogens with two attached hydrogens (primary N) is 1. The van der Waals surface area contributed by atoms with Crippen molar-refractivity contribution < 1.29 is 14.3 Å². The molecule has 0 spiro atoms. The third kappa shape index (κ3) is 4.24. The van der Waals surface area contributed by atoms with Crippen LogP contribution in [0.4, 0.5) is 5.69 Å². The number of methoxy groups -OCH3 is 1. The lowest BCUT2D eigenvalue weighted by Gasteiger charge is -2.09. The van der Waals surface area contributed by atoms with Crippen LogP contribution in [-0.2, 0) is 20.7 Å². The molecule has 0 aliphatic rings. The van der Waals surface area contributed by atoms with Crippen LogP contribution in [-0.4, -0.2) is 25.0 Å². The number of benzene rings is 1. The van der Waals surface area contributed by atoms with Crippen molar-refractivity contribution in [2.75, 3.05) is 12.4 Å². The molecule has 0 radical (unpaired) electrons. The Labute approximate surface area is 99.9 Å². The van der Waals surface area contributed by atoms with Crippen molar-refractivity contribution in [1.29, 1.82) is 0 Å². The Bertz CT molecular complexity index is 401. The molecule has 0 heterocycles. The third-order valence-corrected chi connectivity index (χ3v) is 2.23. The molecule has 0 aromatic heterocycles. The molecule has 1 atom stereocenters. The summed E-state index contributed by atoms with van der Waals surface area (Å²) >= 11 is 0. The third-order valence-electron chi connectivity index (χ3n) is 2.23. The highest BCUT2D eigenvalue weighted by Crippen LogP contribution is 2.11. The van der Waals surface area contributed by atoms with Crippen LogP contribution in [0.25, 0.3) is 0 Å². The molecule has 1 rings (SSSR count). The second-order valence-electron chi connectivity index (χ2n) is 3.71. The molecule has 0 fully saturated rings. The van der Waals surface area contributed by atoms with E-state index in [1.807, 2.05) is 12.1 Å². The van der Waals surface area contributed by atoms with Crippen LogP contribution >= 0.6 is 0 Å². The number of carbonyl (C=O) groups is 2. The number of hydrogen-bond acceptors (Lipinski definition) is 4. The second kappa shape index (κ2) is 6.00. The normalized spacial score (nSPS) is 11.7. The number of ether oxygens (including phenoxy) is 1. The van der Waals surface area contributed by atoms with E-state index in [0.29, 0.717) is 12.1 Å². The van der Waals surface area contributed by atoms with Gasteiger partial charge in [-0.25, -0.2) is 0 Å². The zero-order chi connectivity index (χ0) is 12.8. The Morgan fingerprint density at radius 3 is 2.41 bits per heavy atom. The summed E-state index contributed by atoms with van der Waals surface area (Å²) in [5.41, 5.74) is 7.26. The lowest BCUT2D eigenvalue weighted by molar-refractivity contribution is -0.142. The number of hydrogen-bond donors (Lipinski definition) is 2. The minimum Gasteiger partial charge on any atom is -0.468 e. The molecule has 0 aliphatic carbocycles. The van der Waals surface area contributed by atoms with E-state index in [9.17, 15) is 9.59 Å². The average molecular weight is 236 g/mol. The van der Waals surface area contributed by atoms with Crippen LogP contribution in [0.3, 0.4) is 0 Å². The summed E-state index contributed by atoms with van der Waals surface area (Å²) in [6.07, 6.45) is 0.410. The lowest BCUT2D eigenvalue weighted by Crippen LogP contribution is -2.33. The maximum absolute atomic E-state index is 11.1. The largest absolute Gasteiger partial charge is 0.468 e. The summed E-state index contributed by atoms with van der Waals surface area (Å²) in [6, 6.07) is 6.50. The summed E-state index contributed by atoms with van der Waals surface area (Å²) < 4.78 is 4.54. The molecular weight excluding hydrogens is 220 g/mol. The van der Waals surface area contributed by atoms with Gasteiger partial charge in [0.15, 0.2) is 0 Å². The Balaban J connectivity index is 2.62. The van der Waals surface area contributed by atoms with Gasteiger partial charge in [-0.1, -0.05) is 12.1 Å². The van der Waals surface area contributed by atoms with Crippen LogP contribution < -0.4 is 11.1 Å². The molecule has 92 valence electrons. The topological polar surface area (TPSA) is 81.4 Å². The van der Waals surface area contributed by atoms with Crippen LogP contribution in [0.15, 0.2) is 24.3 Å². The predicted octanol–water partition coefficient (Wildman–Crippen LogP) is 0.688. The maximum atomic E-state index is 11.1. The standard InChI is InChI=1S/C12H16N2O3/c1-8(15)14-10-5-3-9(4-6-10)7-11(13)12(16)17-2/h3-6,11H,7,13H2,1-2H3,(H,14,15). The SMILES string of the molecule is COC(=O)C(N)Cc1ccc(NC(C)=O)cc1. The van der Waals surface area contributed by atoms with E-state index in [4.69, 9.17) is 5.73 Å². The molecule has 3 N–H and O–H groups in total. The lowest BCUT2D eigenvalue weighted by atomic mass is 10.1. The minimum atomic E-state index is -0.661.